The quantitative estimate of drug-likeness (QED) is 0.872. The fourth-order valence-electron chi connectivity index (χ4n) is 2.66. The number of ether oxygens (including phenoxy) is 1. The summed E-state index contributed by atoms with van der Waals surface area (Å²) in [6, 6.07) is 8.00. The second kappa shape index (κ2) is 6.36. The summed E-state index contributed by atoms with van der Waals surface area (Å²) in [5.41, 5.74) is 1.09. The van der Waals surface area contributed by atoms with Crippen LogP contribution in [0.5, 0.6) is 5.75 Å². The van der Waals surface area contributed by atoms with E-state index in [1.54, 1.807) is 13.3 Å². The van der Waals surface area contributed by atoms with Crippen LogP contribution in [0.25, 0.3) is 0 Å². The van der Waals surface area contributed by atoms with Gasteiger partial charge in [0.15, 0.2) is 0 Å². The highest BCUT2D eigenvalue weighted by atomic mass is 32.1. The van der Waals surface area contributed by atoms with E-state index in [4.69, 9.17) is 4.74 Å². The number of aromatic nitrogens is 1. The SMILES string of the molecule is COc1ccccc1N1CCN(C(=O)c2cnc(C)s2)CC1. The van der Waals surface area contributed by atoms with Crippen molar-refractivity contribution in [3.63, 3.8) is 0 Å². The number of benzene rings is 1. The third-order valence-corrected chi connectivity index (χ3v) is 4.73. The number of anilines is 1. The number of nitrogens with zero attached hydrogens (tertiary/aromatic N) is 3. The van der Waals surface area contributed by atoms with Gasteiger partial charge >= 0.3 is 0 Å². The third kappa shape index (κ3) is 2.92. The van der Waals surface area contributed by atoms with E-state index in [1.165, 1.54) is 11.3 Å². The van der Waals surface area contributed by atoms with Crippen LogP contribution in [-0.2, 0) is 0 Å². The molecule has 0 unspecified atom stereocenters. The van der Waals surface area contributed by atoms with Gasteiger partial charge in [-0.25, -0.2) is 4.98 Å². The van der Waals surface area contributed by atoms with Crippen molar-refractivity contribution < 1.29 is 9.53 Å². The molecule has 2 aromatic rings. The molecule has 0 spiro atoms. The zero-order valence-electron chi connectivity index (χ0n) is 12.8. The lowest BCUT2D eigenvalue weighted by Gasteiger charge is -2.36. The van der Waals surface area contributed by atoms with Crippen molar-refractivity contribution in [2.75, 3.05) is 38.2 Å². The Bertz CT molecular complexity index is 663. The minimum absolute atomic E-state index is 0.0882. The number of amides is 1. The van der Waals surface area contributed by atoms with E-state index in [-0.39, 0.29) is 5.91 Å². The van der Waals surface area contributed by atoms with Crippen LogP contribution in [0.15, 0.2) is 30.5 Å². The number of thiazole rings is 1. The van der Waals surface area contributed by atoms with E-state index in [1.807, 2.05) is 30.0 Å². The molecule has 1 aromatic carbocycles. The number of aryl methyl sites for hydroxylation is 1. The Morgan fingerprint density at radius 3 is 2.59 bits per heavy atom. The number of rotatable bonds is 3. The van der Waals surface area contributed by atoms with Crippen molar-refractivity contribution in [2.45, 2.75) is 6.92 Å². The molecule has 1 aliphatic rings. The van der Waals surface area contributed by atoms with Crippen LogP contribution < -0.4 is 9.64 Å². The lowest BCUT2D eigenvalue weighted by atomic mass is 10.2. The van der Waals surface area contributed by atoms with Crippen LogP contribution in [0.1, 0.15) is 14.7 Å². The highest BCUT2D eigenvalue weighted by molar-refractivity contribution is 7.13. The monoisotopic (exact) mass is 317 g/mol. The lowest BCUT2D eigenvalue weighted by Crippen LogP contribution is -2.48. The van der Waals surface area contributed by atoms with Crippen molar-refractivity contribution in [2.24, 2.45) is 0 Å². The molecular weight excluding hydrogens is 298 g/mol. The Labute approximate surface area is 134 Å². The van der Waals surface area contributed by atoms with Gasteiger partial charge in [-0.3, -0.25) is 4.79 Å². The van der Waals surface area contributed by atoms with Crippen LogP contribution in [0.2, 0.25) is 0 Å². The van der Waals surface area contributed by atoms with E-state index >= 15 is 0 Å². The second-order valence-corrected chi connectivity index (χ2v) is 6.43. The maximum Gasteiger partial charge on any atom is 0.265 e. The summed E-state index contributed by atoms with van der Waals surface area (Å²) < 4.78 is 5.42. The van der Waals surface area contributed by atoms with Gasteiger partial charge in [0.2, 0.25) is 0 Å². The molecule has 6 heteroatoms. The molecular formula is C16H19N3O2S. The summed E-state index contributed by atoms with van der Waals surface area (Å²) in [4.78, 5) is 21.5. The van der Waals surface area contributed by atoms with Gasteiger partial charge in [-0.05, 0) is 19.1 Å². The maximum absolute atomic E-state index is 12.4. The molecule has 1 aliphatic heterocycles. The molecule has 0 saturated carbocycles. The topological polar surface area (TPSA) is 45.7 Å². The first kappa shape index (κ1) is 14.8. The largest absolute Gasteiger partial charge is 0.495 e. The van der Waals surface area contributed by atoms with Crippen LogP contribution in [0.3, 0.4) is 0 Å². The third-order valence-electron chi connectivity index (χ3n) is 3.82. The Balaban J connectivity index is 1.66. The van der Waals surface area contributed by atoms with E-state index in [0.717, 1.165) is 34.4 Å². The molecule has 0 radical (unpaired) electrons. The number of carbonyl (C=O) groups is 1. The van der Waals surface area contributed by atoms with Gasteiger partial charge < -0.3 is 14.5 Å². The fraction of sp³-hybridized carbons (Fsp3) is 0.375. The molecule has 0 N–H and O–H groups in total. The Hall–Kier alpha value is -2.08. The number of carbonyl (C=O) groups excluding carboxylic acids is 1. The van der Waals surface area contributed by atoms with Gasteiger partial charge in [0, 0.05) is 26.2 Å². The summed E-state index contributed by atoms with van der Waals surface area (Å²) >= 11 is 1.46. The Morgan fingerprint density at radius 1 is 1.23 bits per heavy atom. The van der Waals surface area contributed by atoms with Crippen LogP contribution in [0, 0.1) is 6.92 Å². The average Bonchev–Trinajstić information content (AvgIpc) is 3.01. The first-order valence-electron chi connectivity index (χ1n) is 7.28. The summed E-state index contributed by atoms with van der Waals surface area (Å²) in [7, 11) is 1.69. The molecule has 22 heavy (non-hydrogen) atoms. The fourth-order valence-corrected chi connectivity index (χ4v) is 3.40. The van der Waals surface area contributed by atoms with Crippen molar-refractivity contribution in [3.8, 4) is 5.75 Å². The minimum atomic E-state index is 0.0882. The van der Waals surface area contributed by atoms with Crippen molar-refractivity contribution in [1.82, 2.24) is 9.88 Å². The van der Waals surface area contributed by atoms with Gasteiger partial charge in [0.25, 0.3) is 5.91 Å². The summed E-state index contributed by atoms with van der Waals surface area (Å²) in [6.45, 7) is 4.97. The molecule has 0 atom stereocenters. The zero-order chi connectivity index (χ0) is 15.5. The van der Waals surface area contributed by atoms with Gasteiger partial charge in [-0.15, -0.1) is 11.3 Å². The summed E-state index contributed by atoms with van der Waals surface area (Å²) in [6.07, 6.45) is 1.68. The number of para-hydroxylation sites is 2. The predicted octanol–water partition coefficient (Wildman–Crippen LogP) is 2.42. The van der Waals surface area contributed by atoms with Gasteiger partial charge in [-0.2, -0.15) is 0 Å². The standard InChI is InChI=1S/C16H19N3O2S/c1-12-17-11-15(22-12)16(20)19-9-7-18(8-10-19)13-5-3-4-6-14(13)21-2/h3-6,11H,7-10H2,1-2H3. The molecule has 1 aromatic heterocycles. The molecule has 0 bridgehead atoms. The molecule has 1 saturated heterocycles. The van der Waals surface area contributed by atoms with Crippen LogP contribution in [0.4, 0.5) is 5.69 Å². The smallest absolute Gasteiger partial charge is 0.265 e. The predicted molar refractivity (Wildman–Crippen MR) is 88.0 cm³/mol. The highest BCUT2D eigenvalue weighted by Crippen LogP contribution is 2.28. The molecule has 116 valence electrons. The molecule has 1 fully saturated rings. The van der Waals surface area contributed by atoms with Crippen LogP contribution in [-0.4, -0.2) is 49.1 Å². The summed E-state index contributed by atoms with van der Waals surface area (Å²) in [5, 5.41) is 0.927. The Morgan fingerprint density at radius 2 is 1.95 bits per heavy atom. The van der Waals surface area contributed by atoms with E-state index < -0.39 is 0 Å². The van der Waals surface area contributed by atoms with E-state index in [2.05, 4.69) is 16.0 Å². The summed E-state index contributed by atoms with van der Waals surface area (Å²) in [5.74, 6) is 0.964. The van der Waals surface area contributed by atoms with Gasteiger partial charge in [-0.1, -0.05) is 12.1 Å². The number of methoxy groups -OCH3 is 1. The average molecular weight is 317 g/mol. The molecule has 0 aliphatic carbocycles. The molecule has 3 rings (SSSR count). The van der Waals surface area contributed by atoms with Crippen molar-refractivity contribution in [1.29, 1.82) is 0 Å². The van der Waals surface area contributed by atoms with Crippen LogP contribution >= 0.6 is 11.3 Å². The lowest BCUT2D eigenvalue weighted by molar-refractivity contribution is 0.0751. The zero-order valence-corrected chi connectivity index (χ0v) is 13.6. The highest BCUT2D eigenvalue weighted by Gasteiger charge is 2.24. The number of hydrogen-bond donors (Lipinski definition) is 0. The first-order chi connectivity index (χ1) is 10.7. The van der Waals surface area contributed by atoms with Gasteiger partial charge in [0.05, 0.1) is 24.0 Å². The van der Waals surface area contributed by atoms with Crippen molar-refractivity contribution in [3.05, 3.63) is 40.3 Å². The number of hydrogen-bond acceptors (Lipinski definition) is 5. The second-order valence-electron chi connectivity index (χ2n) is 5.19. The van der Waals surface area contributed by atoms with Crippen molar-refractivity contribution >= 4 is 22.9 Å². The first-order valence-corrected chi connectivity index (χ1v) is 8.10. The number of piperazine rings is 1. The maximum atomic E-state index is 12.4. The minimum Gasteiger partial charge on any atom is -0.495 e. The Kier molecular flexibility index (Phi) is 4.29. The molecule has 5 nitrogen and oxygen atoms in total. The normalized spacial score (nSPS) is 15.0. The van der Waals surface area contributed by atoms with Gasteiger partial charge in [0.1, 0.15) is 10.6 Å². The van der Waals surface area contributed by atoms with E-state index in [9.17, 15) is 4.79 Å². The molecule has 2 heterocycles. The van der Waals surface area contributed by atoms with E-state index in [0.29, 0.717) is 13.1 Å². The molecule has 1 amide bonds.